The Morgan fingerprint density at radius 3 is 2.80 bits per heavy atom. The maximum Gasteiger partial charge on any atom is 0.260 e. The Labute approximate surface area is 137 Å². The molecule has 3 nitrogen and oxygen atoms in total. The van der Waals surface area contributed by atoms with Gasteiger partial charge >= 0.3 is 0 Å². The first-order valence-electron chi connectivity index (χ1n) is 5.50. The molecule has 1 amide bonds. The van der Waals surface area contributed by atoms with Crippen LogP contribution >= 0.6 is 45.5 Å². The topological polar surface area (TPSA) is 53.0 Å². The number of aryl methyl sites for hydroxylation is 1. The molecule has 1 heterocycles. The number of rotatable bonds is 3. The third kappa shape index (κ3) is 3.18. The van der Waals surface area contributed by atoms with Gasteiger partial charge in [-0.1, -0.05) is 17.7 Å². The molecule has 0 saturated heterocycles. The number of thiophene rings is 1. The molecular weight excluding hydrogens is 414 g/mol. The minimum atomic E-state index is -0.673. The van der Waals surface area contributed by atoms with Crippen molar-refractivity contribution in [1.82, 2.24) is 0 Å². The molecule has 0 aliphatic heterocycles. The maximum absolute atomic E-state index is 13.7. The van der Waals surface area contributed by atoms with Crippen molar-refractivity contribution in [3.8, 4) is 0 Å². The Balaban J connectivity index is 2.35. The number of amides is 1. The fourth-order valence-electron chi connectivity index (χ4n) is 1.67. The summed E-state index contributed by atoms with van der Waals surface area (Å²) in [4.78, 5) is 13.7. The van der Waals surface area contributed by atoms with E-state index in [-0.39, 0.29) is 10.6 Å². The predicted octanol–water partition coefficient (Wildman–Crippen LogP) is 4.86. The smallest absolute Gasteiger partial charge is 0.260 e. The summed E-state index contributed by atoms with van der Waals surface area (Å²) >= 11 is 9.12. The van der Waals surface area contributed by atoms with Gasteiger partial charge in [0.2, 0.25) is 0 Å². The van der Waals surface area contributed by atoms with E-state index in [4.69, 9.17) is 17.0 Å². The van der Waals surface area contributed by atoms with Crippen LogP contribution in [0.25, 0.3) is 0 Å². The highest BCUT2D eigenvalue weighted by atomic mass is 127. The average Bonchev–Trinajstić information content (AvgIpc) is 2.70. The fourth-order valence-corrected chi connectivity index (χ4v) is 3.35. The van der Waals surface area contributed by atoms with Crippen LogP contribution in [-0.2, 0) is 0 Å². The highest BCUT2D eigenvalue weighted by Crippen LogP contribution is 2.30. The summed E-state index contributed by atoms with van der Waals surface area (Å²) in [7, 11) is 0. The lowest BCUT2D eigenvalue weighted by atomic mass is 10.2. The van der Waals surface area contributed by atoms with Crippen LogP contribution in [0.1, 0.15) is 20.1 Å². The summed E-state index contributed by atoms with van der Waals surface area (Å²) in [5, 5.41) is 10.3. The normalized spacial score (nSPS) is 10.4. The number of nitrogens with one attached hydrogen (secondary N) is 2. The predicted molar refractivity (Wildman–Crippen MR) is 89.3 cm³/mol. The summed E-state index contributed by atoms with van der Waals surface area (Å²) in [6.45, 7) is 1.87. The minimum Gasteiger partial charge on any atom is -0.320 e. The molecule has 0 unspecified atom stereocenters. The van der Waals surface area contributed by atoms with Gasteiger partial charge in [0, 0.05) is 4.88 Å². The zero-order chi connectivity index (χ0) is 14.9. The number of hydrogen-bond donors (Lipinski definition) is 2. The van der Waals surface area contributed by atoms with Crippen LogP contribution in [0, 0.1) is 18.2 Å². The third-order valence-corrected chi connectivity index (χ3v) is 4.78. The van der Waals surface area contributed by atoms with E-state index in [2.05, 4.69) is 5.32 Å². The van der Waals surface area contributed by atoms with Gasteiger partial charge in [0.05, 0.1) is 21.2 Å². The highest BCUT2D eigenvalue weighted by Gasteiger charge is 2.18. The van der Waals surface area contributed by atoms with Gasteiger partial charge in [0.25, 0.3) is 5.91 Å². The van der Waals surface area contributed by atoms with E-state index >= 15 is 0 Å². The Hall–Kier alpha value is -0.990. The van der Waals surface area contributed by atoms with E-state index in [9.17, 15) is 9.18 Å². The SMILES string of the molecule is Cc1cc(NC(=O)c2c(F)cccc2Cl)c(C(=N)I)s1. The second-order valence-corrected chi connectivity index (χ2v) is 6.71. The molecule has 1 aromatic carbocycles. The number of benzene rings is 1. The lowest BCUT2D eigenvalue weighted by Crippen LogP contribution is -2.15. The lowest BCUT2D eigenvalue weighted by molar-refractivity contribution is 0.102. The van der Waals surface area contributed by atoms with E-state index in [1.165, 1.54) is 29.5 Å². The van der Waals surface area contributed by atoms with Crippen molar-refractivity contribution in [2.45, 2.75) is 6.92 Å². The molecule has 0 bridgehead atoms. The van der Waals surface area contributed by atoms with Gasteiger partial charge in [0.1, 0.15) is 9.54 Å². The largest absolute Gasteiger partial charge is 0.320 e. The molecule has 0 aliphatic rings. The quantitative estimate of drug-likeness (QED) is 0.538. The fraction of sp³-hybridized carbons (Fsp3) is 0.0769. The van der Waals surface area contributed by atoms with Crippen LogP contribution in [-0.4, -0.2) is 9.63 Å². The molecule has 2 rings (SSSR count). The molecule has 0 fully saturated rings. The van der Waals surface area contributed by atoms with Gasteiger partial charge < -0.3 is 5.32 Å². The molecule has 0 saturated carbocycles. The van der Waals surface area contributed by atoms with Crippen LogP contribution in [0.3, 0.4) is 0 Å². The number of carbonyl (C=O) groups excluding carboxylic acids is 1. The van der Waals surface area contributed by atoms with Gasteiger partial charge in [-0.05, 0) is 47.7 Å². The second kappa shape index (κ2) is 6.19. The number of hydrogen-bond acceptors (Lipinski definition) is 3. The van der Waals surface area contributed by atoms with Crippen molar-refractivity contribution in [3.05, 3.63) is 50.4 Å². The van der Waals surface area contributed by atoms with Crippen molar-refractivity contribution in [2.24, 2.45) is 0 Å². The number of halogens is 3. The molecule has 2 aromatic rings. The monoisotopic (exact) mass is 422 g/mol. The molecule has 0 aliphatic carbocycles. The van der Waals surface area contributed by atoms with Crippen molar-refractivity contribution < 1.29 is 9.18 Å². The summed E-state index contributed by atoms with van der Waals surface area (Å²) in [6.07, 6.45) is 0. The molecule has 1 aromatic heterocycles. The van der Waals surface area contributed by atoms with E-state index in [0.29, 0.717) is 14.3 Å². The average molecular weight is 423 g/mol. The van der Waals surface area contributed by atoms with Crippen molar-refractivity contribution >= 4 is 60.8 Å². The Morgan fingerprint density at radius 2 is 2.20 bits per heavy atom. The molecular formula is C13H9ClFIN2OS. The molecule has 104 valence electrons. The van der Waals surface area contributed by atoms with Crippen molar-refractivity contribution in [1.29, 1.82) is 5.41 Å². The molecule has 7 heteroatoms. The summed E-state index contributed by atoms with van der Waals surface area (Å²) in [6, 6.07) is 5.83. The summed E-state index contributed by atoms with van der Waals surface area (Å²) in [5.41, 5.74) is 0.306. The summed E-state index contributed by atoms with van der Waals surface area (Å²) < 4.78 is 14.0. The van der Waals surface area contributed by atoms with Crippen LogP contribution in [0.2, 0.25) is 5.02 Å². The van der Waals surface area contributed by atoms with Gasteiger partial charge in [-0.3, -0.25) is 10.2 Å². The number of carbonyl (C=O) groups is 1. The molecule has 0 radical (unpaired) electrons. The molecule has 0 atom stereocenters. The molecule has 0 spiro atoms. The van der Waals surface area contributed by atoms with Crippen LogP contribution in [0.4, 0.5) is 10.1 Å². The first-order valence-corrected chi connectivity index (χ1v) is 7.77. The standard InChI is InChI=1S/C13H9ClFIN2OS/c1-6-5-9(11(20-6)12(16)17)18-13(19)10-7(14)3-2-4-8(10)15/h2-5,17H,1H3,(H,18,19). The zero-order valence-electron chi connectivity index (χ0n) is 10.3. The van der Waals surface area contributed by atoms with Crippen molar-refractivity contribution in [3.63, 3.8) is 0 Å². The van der Waals surface area contributed by atoms with Gasteiger partial charge in [-0.15, -0.1) is 11.3 Å². The second-order valence-electron chi connectivity index (χ2n) is 3.96. The van der Waals surface area contributed by atoms with Crippen molar-refractivity contribution in [2.75, 3.05) is 5.32 Å². The summed E-state index contributed by atoms with van der Waals surface area (Å²) in [5.74, 6) is -1.29. The van der Waals surface area contributed by atoms with E-state index < -0.39 is 11.7 Å². The minimum absolute atomic E-state index is 0.0561. The Kier molecular flexibility index (Phi) is 4.77. The first kappa shape index (κ1) is 15.4. The van der Waals surface area contributed by atoms with Crippen LogP contribution < -0.4 is 5.32 Å². The first-order chi connectivity index (χ1) is 9.40. The zero-order valence-corrected chi connectivity index (χ0v) is 14.0. The van der Waals surface area contributed by atoms with Crippen LogP contribution in [0.15, 0.2) is 24.3 Å². The third-order valence-electron chi connectivity index (χ3n) is 2.49. The highest BCUT2D eigenvalue weighted by molar-refractivity contribution is 14.1. The van der Waals surface area contributed by atoms with Gasteiger partial charge in [-0.25, -0.2) is 4.39 Å². The van der Waals surface area contributed by atoms with E-state index in [1.807, 2.05) is 29.5 Å². The lowest BCUT2D eigenvalue weighted by Gasteiger charge is -2.07. The Morgan fingerprint density at radius 1 is 1.50 bits per heavy atom. The Bertz CT molecular complexity index is 681. The van der Waals surface area contributed by atoms with E-state index in [0.717, 1.165) is 4.88 Å². The molecule has 2 N–H and O–H groups in total. The maximum atomic E-state index is 13.7. The van der Waals surface area contributed by atoms with Gasteiger partial charge in [0.15, 0.2) is 0 Å². The van der Waals surface area contributed by atoms with Crippen LogP contribution in [0.5, 0.6) is 0 Å². The van der Waals surface area contributed by atoms with E-state index in [1.54, 1.807) is 6.07 Å². The van der Waals surface area contributed by atoms with Gasteiger partial charge in [-0.2, -0.15) is 0 Å². The number of anilines is 1. The molecule has 20 heavy (non-hydrogen) atoms.